The average molecular weight is 538 g/mol. The number of aromatic nitrogens is 3. The fraction of sp³-hybridized carbons (Fsp3) is 0.133. The average Bonchev–Trinajstić information content (AvgIpc) is 2.98. The molecule has 1 amide bonds. The van der Waals surface area contributed by atoms with Crippen LogP contribution in [0.5, 0.6) is 23.0 Å². The lowest BCUT2D eigenvalue weighted by Crippen LogP contribution is -2.33. The van der Waals surface area contributed by atoms with Gasteiger partial charge in [-0.3, -0.25) is 19.5 Å². The Bertz CT molecular complexity index is 1720. The maximum Gasteiger partial charge on any atom is 0.271 e. The third-order valence-corrected chi connectivity index (χ3v) is 6.24. The van der Waals surface area contributed by atoms with E-state index in [9.17, 15) is 9.59 Å². The number of pyridine rings is 3. The molecule has 5 aromatic rings. The van der Waals surface area contributed by atoms with E-state index in [0.29, 0.717) is 45.7 Å². The first kappa shape index (κ1) is 26.2. The van der Waals surface area contributed by atoms with E-state index >= 15 is 0 Å². The van der Waals surface area contributed by atoms with E-state index in [-0.39, 0.29) is 5.56 Å². The minimum atomic E-state index is -0.515. The van der Waals surface area contributed by atoms with Crippen LogP contribution in [-0.4, -0.2) is 49.2 Å². The van der Waals surface area contributed by atoms with Crippen LogP contribution in [0.3, 0.4) is 0 Å². The Morgan fingerprint density at radius 2 is 1.62 bits per heavy atom. The van der Waals surface area contributed by atoms with E-state index < -0.39 is 11.5 Å². The Balaban J connectivity index is 1.52. The third-order valence-electron chi connectivity index (χ3n) is 6.24. The molecule has 1 N–H and O–H groups in total. The van der Waals surface area contributed by atoms with E-state index in [0.717, 1.165) is 5.39 Å². The highest BCUT2D eigenvalue weighted by molar-refractivity contribution is 6.13. The van der Waals surface area contributed by atoms with Gasteiger partial charge in [-0.25, -0.2) is 4.98 Å². The van der Waals surface area contributed by atoms with E-state index in [1.54, 1.807) is 87.9 Å². The van der Waals surface area contributed by atoms with Crippen molar-refractivity contribution in [3.8, 4) is 23.0 Å². The van der Waals surface area contributed by atoms with Crippen LogP contribution in [0.15, 0.2) is 90.1 Å². The van der Waals surface area contributed by atoms with Crippen LogP contribution in [0.4, 0.5) is 17.2 Å². The van der Waals surface area contributed by atoms with Gasteiger partial charge in [-0.15, -0.1) is 0 Å². The van der Waals surface area contributed by atoms with Crippen molar-refractivity contribution < 1.29 is 19.0 Å². The number of para-hydroxylation sites is 1. The van der Waals surface area contributed by atoms with Gasteiger partial charge in [0.15, 0.2) is 11.5 Å². The monoisotopic (exact) mass is 537 g/mol. The molecule has 5 rings (SSSR count). The molecule has 2 aromatic carbocycles. The van der Waals surface area contributed by atoms with Crippen molar-refractivity contribution in [2.75, 3.05) is 38.1 Å². The van der Waals surface area contributed by atoms with Crippen LogP contribution < -0.4 is 29.6 Å². The first-order valence-electron chi connectivity index (χ1n) is 12.3. The van der Waals surface area contributed by atoms with Gasteiger partial charge in [0.25, 0.3) is 11.5 Å². The van der Waals surface area contributed by atoms with Crippen LogP contribution in [-0.2, 0) is 0 Å². The lowest BCUT2D eigenvalue weighted by atomic mass is 10.1. The molecule has 10 heteroatoms. The third kappa shape index (κ3) is 5.02. The van der Waals surface area contributed by atoms with Crippen molar-refractivity contribution in [1.82, 2.24) is 15.0 Å². The van der Waals surface area contributed by atoms with Crippen LogP contribution >= 0.6 is 0 Å². The highest BCUT2D eigenvalue weighted by Gasteiger charge is 2.27. The number of nitrogens with one attached hydrogen (secondary N) is 1. The molecule has 0 unspecified atom stereocenters. The predicted molar refractivity (Wildman–Crippen MR) is 153 cm³/mol. The summed E-state index contributed by atoms with van der Waals surface area (Å²) in [7, 11) is 6.68. The number of carbonyl (C=O) groups excluding carboxylic acids is 1. The van der Waals surface area contributed by atoms with Crippen molar-refractivity contribution in [3.05, 3.63) is 101 Å². The number of fused-ring (bicyclic) bond motifs is 1. The maximum atomic E-state index is 13.9. The number of carbonyl (C=O) groups is 1. The van der Waals surface area contributed by atoms with Crippen molar-refractivity contribution in [1.29, 1.82) is 0 Å². The Morgan fingerprint density at radius 3 is 2.30 bits per heavy atom. The Labute approximate surface area is 230 Å². The van der Waals surface area contributed by atoms with E-state index in [1.165, 1.54) is 17.3 Å². The summed E-state index contributed by atoms with van der Waals surface area (Å²) >= 11 is 0. The number of anilines is 3. The quantitative estimate of drug-likeness (QED) is 0.289. The molecule has 202 valence electrons. The van der Waals surface area contributed by atoms with Gasteiger partial charge in [0.1, 0.15) is 22.9 Å². The predicted octanol–water partition coefficient (Wildman–Crippen LogP) is 5.17. The van der Waals surface area contributed by atoms with Gasteiger partial charge < -0.3 is 24.1 Å². The number of ether oxygens (including phenoxy) is 3. The summed E-state index contributed by atoms with van der Waals surface area (Å²) in [4.78, 5) is 41.4. The lowest BCUT2D eigenvalue weighted by molar-refractivity contribution is 0.0997. The Hall–Kier alpha value is -5.38. The lowest BCUT2D eigenvalue weighted by Gasteiger charge is -2.24. The van der Waals surface area contributed by atoms with Gasteiger partial charge >= 0.3 is 0 Å². The second-order valence-electron chi connectivity index (χ2n) is 8.93. The smallest absolute Gasteiger partial charge is 0.271 e. The molecule has 0 radical (unpaired) electrons. The zero-order valence-electron chi connectivity index (χ0n) is 22.4. The first-order valence-corrected chi connectivity index (χ1v) is 12.3. The van der Waals surface area contributed by atoms with Crippen LogP contribution in [0.2, 0.25) is 0 Å². The molecule has 0 bridgehead atoms. The zero-order chi connectivity index (χ0) is 28.2. The number of benzene rings is 2. The second kappa shape index (κ2) is 11.2. The minimum Gasteiger partial charge on any atom is -0.493 e. The van der Waals surface area contributed by atoms with Crippen molar-refractivity contribution >= 4 is 34.0 Å². The molecule has 3 aromatic heterocycles. The number of amides is 1. The molecule has 0 aliphatic heterocycles. The fourth-order valence-electron chi connectivity index (χ4n) is 4.32. The SMILES string of the molecule is COc1cc2nccc(Oc3ccc(N(C(=O)c4c(N(C)C)cc[nH]c4=O)c4ccccc4)nc3)c2cc1OC. The molecule has 40 heavy (non-hydrogen) atoms. The van der Waals surface area contributed by atoms with Crippen molar-refractivity contribution in [3.63, 3.8) is 0 Å². The summed E-state index contributed by atoms with van der Waals surface area (Å²) in [5.74, 6) is 1.90. The van der Waals surface area contributed by atoms with E-state index in [2.05, 4.69) is 15.0 Å². The van der Waals surface area contributed by atoms with Gasteiger partial charge in [0, 0.05) is 37.9 Å². The molecule has 0 saturated heterocycles. The molecule has 3 heterocycles. The van der Waals surface area contributed by atoms with Crippen molar-refractivity contribution in [2.45, 2.75) is 0 Å². The first-order chi connectivity index (χ1) is 19.4. The number of H-pyrrole nitrogens is 1. The molecular weight excluding hydrogens is 510 g/mol. The van der Waals surface area contributed by atoms with E-state index in [4.69, 9.17) is 14.2 Å². The summed E-state index contributed by atoms with van der Waals surface area (Å²) < 4.78 is 17.0. The molecule has 10 nitrogen and oxygen atoms in total. The minimum absolute atomic E-state index is 0.00566. The summed E-state index contributed by atoms with van der Waals surface area (Å²) in [5, 5.41) is 0.727. The second-order valence-corrected chi connectivity index (χ2v) is 8.93. The van der Waals surface area contributed by atoms with Crippen molar-refractivity contribution in [2.24, 2.45) is 0 Å². The number of rotatable bonds is 8. The summed E-state index contributed by atoms with van der Waals surface area (Å²) in [6.07, 6.45) is 4.68. The fourth-order valence-corrected chi connectivity index (χ4v) is 4.32. The highest BCUT2D eigenvalue weighted by atomic mass is 16.5. The number of methoxy groups -OCH3 is 2. The number of nitrogens with zero attached hydrogens (tertiary/aromatic N) is 4. The van der Waals surface area contributed by atoms with Crippen LogP contribution in [0, 0.1) is 0 Å². The summed E-state index contributed by atoms with van der Waals surface area (Å²) in [5.41, 5.74) is 1.24. The Morgan fingerprint density at radius 1 is 0.875 bits per heavy atom. The number of aromatic amines is 1. The van der Waals surface area contributed by atoms with E-state index in [1.807, 2.05) is 18.2 Å². The Kier molecular flexibility index (Phi) is 7.32. The molecular formula is C30H27N5O5. The summed E-state index contributed by atoms with van der Waals surface area (Å²) in [6, 6.07) is 19.4. The maximum absolute atomic E-state index is 13.9. The van der Waals surface area contributed by atoms with Gasteiger partial charge in [-0.2, -0.15) is 0 Å². The zero-order valence-corrected chi connectivity index (χ0v) is 22.4. The number of hydrogen-bond acceptors (Lipinski definition) is 8. The normalized spacial score (nSPS) is 10.7. The largest absolute Gasteiger partial charge is 0.493 e. The molecule has 0 aliphatic rings. The van der Waals surface area contributed by atoms with Crippen LogP contribution in [0.25, 0.3) is 10.9 Å². The van der Waals surface area contributed by atoms with Gasteiger partial charge in [-0.1, -0.05) is 18.2 Å². The highest BCUT2D eigenvalue weighted by Crippen LogP contribution is 2.37. The molecule has 0 spiro atoms. The molecule has 0 atom stereocenters. The summed E-state index contributed by atoms with van der Waals surface area (Å²) in [6.45, 7) is 0. The number of hydrogen-bond donors (Lipinski definition) is 1. The topological polar surface area (TPSA) is 110 Å². The van der Waals surface area contributed by atoms with Gasteiger partial charge in [0.05, 0.1) is 37.3 Å². The molecule has 0 aliphatic carbocycles. The standard InChI is InChI=1S/C30H27N5O5/c1-34(2)23-12-14-32-29(36)28(23)30(37)35(19-8-6-5-7-9-19)27-11-10-20(18-33-27)40-24-13-15-31-22-17-26(39-4)25(38-3)16-21(22)24/h5-18H,1-4H3,(H,32,36). The van der Waals surface area contributed by atoms with Crippen LogP contribution in [0.1, 0.15) is 10.4 Å². The van der Waals surface area contributed by atoms with Gasteiger partial charge in [0.2, 0.25) is 0 Å². The van der Waals surface area contributed by atoms with Gasteiger partial charge in [-0.05, 0) is 42.5 Å². The molecule has 0 fully saturated rings. The molecule has 0 saturated carbocycles.